The summed E-state index contributed by atoms with van der Waals surface area (Å²) in [5, 5.41) is 0. The normalized spacial score (nSPS) is 46.8. The fourth-order valence-electron chi connectivity index (χ4n) is 6.14. The molecule has 0 spiro atoms. The van der Waals surface area contributed by atoms with Crippen molar-refractivity contribution in [2.75, 3.05) is 6.54 Å². The van der Waals surface area contributed by atoms with Crippen LogP contribution in [0.2, 0.25) is 0 Å². The summed E-state index contributed by atoms with van der Waals surface area (Å²) in [7, 11) is 0. The molecule has 4 aliphatic carbocycles. The summed E-state index contributed by atoms with van der Waals surface area (Å²) in [6, 6.07) is 0. The van der Waals surface area contributed by atoms with Gasteiger partial charge in [0, 0.05) is 12.1 Å². The molecule has 0 aromatic carbocycles. The van der Waals surface area contributed by atoms with Gasteiger partial charge in [0.15, 0.2) is 0 Å². The van der Waals surface area contributed by atoms with Gasteiger partial charge in [-0.2, -0.15) is 0 Å². The van der Waals surface area contributed by atoms with E-state index in [0.717, 1.165) is 24.3 Å². The third-order valence-corrected chi connectivity index (χ3v) is 6.64. The first-order valence-corrected chi connectivity index (χ1v) is 8.31. The summed E-state index contributed by atoms with van der Waals surface area (Å²) < 4.78 is 0. The minimum Gasteiger partial charge on any atom is -0.337 e. The lowest BCUT2D eigenvalue weighted by molar-refractivity contribution is -0.161. The molecule has 1 amide bonds. The van der Waals surface area contributed by atoms with E-state index in [1.165, 1.54) is 51.4 Å². The zero-order chi connectivity index (χ0) is 13.3. The van der Waals surface area contributed by atoms with Gasteiger partial charge < -0.3 is 4.90 Å². The Bertz CT molecular complexity index is 376. The Morgan fingerprint density at radius 1 is 1.00 bits per heavy atom. The van der Waals surface area contributed by atoms with Crippen LogP contribution in [0.25, 0.3) is 0 Å². The predicted molar refractivity (Wildman–Crippen MR) is 75.6 cm³/mol. The number of amides is 1. The summed E-state index contributed by atoms with van der Waals surface area (Å²) >= 11 is 0. The van der Waals surface area contributed by atoms with Crippen molar-refractivity contribution >= 4 is 5.91 Å². The number of carbonyl (C=O) groups is 1. The summed E-state index contributed by atoms with van der Waals surface area (Å²) in [5.74, 6) is 3.16. The van der Waals surface area contributed by atoms with Gasteiger partial charge in [0.1, 0.15) is 0 Å². The number of hydrogen-bond donors (Lipinski definition) is 0. The van der Waals surface area contributed by atoms with Crippen molar-refractivity contribution in [3.8, 4) is 0 Å². The lowest BCUT2D eigenvalue weighted by atomic mass is 9.49. The van der Waals surface area contributed by atoms with Crippen molar-refractivity contribution in [2.45, 2.75) is 70.8 Å². The Kier molecular flexibility index (Phi) is 2.42. The molecular formula is C17H27NO. The smallest absolute Gasteiger partial charge is 0.229 e. The average molecular weight is 261 g/mol. The Labute approximate surface area is 116 Å². The highest BCUT2D eigenvalue weighted by Crippen LogP contribution is 2.61. The van der Waals surface area contributed by atoms with Crippen molar-refractivity contribution in [2.24, 2.45) is 23.2 Å². The molecule has 1 saturated heterocycles. The van der Waals surface area contributed by atoms with Gasteiger partial charge in [0.2, 0.25) is 5.91 Å². The SMILES string of the molecule is CC1(C)CCCN1C(=O)C12CC3CC(CC(C3)C1)C2. The molecular weight excluding hydrogens is 234 g/mol. The van der Waals surface area contributed by atoms with Gasteiger partial charge in [0.25, 0.3) is 0 Å². The maximum absolute atomic E-state index is 13.2. The van der Waals surface area contributed by atoms with Crippen LogP contribution in [0.15, 0.2) is 0 Å². The van der Waals surface area contributed by atoms with Gasteiger partial charge in [-0.05, 0) is 83.0 Å². The van der Waals surface area contributed by atoms with Gasteiger partial charge in [-0.15, -0.1) is 0 Å². The molecule has 0 radical (unpaired) electrons. The van der Waals surface area contributed by atoms with Crippen LogP contribution in [0.1, 0.15) is 65.2 Å². The molecule has 4 saturated carbocycles. The molecule has 5 rings (SSSR count). The van der Waals surface area contributed by atoms with Crippen molar-refractivity contribution in [3.05, 3.63) is 0 Å². The molecule has 0 aromatic rings. The minimum absolute atomic E-state index is 0.0658. The Morgan fingerprint density at radius 3 is 1.95 bits per heavy atom. The Balaban J connectivity index is 1.63. The van der Waals surface area contributed by atoms with Gasteiger partial charge in [-0.1, -0.05) is 0 Å². The van der Waals surface area contributed by atoms with Gasteiger partial charge in [-0.3, -0.25) is 4.79 Å². The summed E-state index contributed by atoms with van der Waals surface area (Å²) in [6.45, 7) is 5.53. The summed E-state index contributed by atoms with van der Waals surface area (Å²) in [5.41, 5.74) is 0.177. The molecule has 0 unspecified atom stereocenters. The number of hydrogen-bond acceptors (Lipinski definition) is 1. The number of nitrogens with zero attached hydrogens (tertiary/aromatic N) is 1. The molecule has 106 valence electrons. The first-order chi connectivity index (χ1) is 8.98. The lowest BCUT2D eigenvalue weighted by Crippen LogP contribution is -2.57. The van der Waals surface area contributed by atoms with Gasteiger partial charge in [0.05, 0.1) is 5.41 Å². The predicted octanol–water partition coefficient (Wildman–Crippen LogP) is 3.60. The monoisotopic (exact) mass is 261 g/mol. The van der Waals surface area contributed by atoms with Crippen LogP contribution in [-0.4, -0.2) is 22.9 Å². The summed E-state index contributed by atoms with van der Waals surface area (Å²) in [6.07, 6.45) is 10.3. The molecule has 0 N–H and O–H groups in total. The minimum atomic E-state index is 0.0658. The van der Waals surface area contributed by atoms with Crippen molar-refractivity contribution in [1.82, 2.24) is 4.90 Å². The second-order valence-corrected chi connectivity index (χ2v) is 8.57. The molecule has 19 heavy (non-hydrogen) atoms. The standard InChI is InChI=1S/C17H27NO/c1-16(2)4-3-5-18(16)15(19)17-9-12-6-13(10-17)8-14(7-12)11-17/h12-14H,3-11H2,1-2H3. The van der Waals surface area contributed by atoms with Crippen LogP contribution in [0.4, 0.5) is 0 Å². The molecule has 5 aliphatic rings. The van der Waals surface area contributed by atoms with E-state index >= 15 is 0 Å². The van der Waals surface area contributed by atoms with Crippen LogP contribution in [-0.2, 0) is 4.79 Å². The van der Waals surface area contributed by atoms with Crippen molar-refractivity contribution in [3.63, 3.8) is 0 Å². The van der Waals surface area contributed by atoms with Crippen molar-refractivity contribution in [1.29, 1.82) is 0 Å². The van der Waals surface area contributed by atoms with E-state index in [9.17, 15) is 4.79 Å². The van der Waals surface area contributed by atoms with Crippen molar-refractivity contribution < 1.29 is 4.79 Å². The first-order valence-electron chi connectivity index (χ1n) is 8.31. The third kappa shape index (κ3) is 1.71. The zero-order valence-corrected chi connectivity index (χ0v) is 12.5. The fraction of sp³-hybridized carbons (Fsp3) is 0.941. The van der Waals surface area contributed by atoms with E-state index < -0.39 is 0 Å². The number of carbonyl (C=O) groups excluding carboxylic acids is 1. The zero-order valence-electron chi connectivity index (χ0n) is 12.5. The highest BCUT2D eigenvalue weighted by Gasteiger charge is 2.57. The number of rotatable bonds is 1. The highest BCUT2D eigenvalue weighted by molar-refractivity contribution is 5.84. The highest BCUT2D eigenvalue weighted by atomic mass is 16.2. The fourth-order valence-corrected chi connectivity index (χ4v) is 6.14. The maximum atomic E-state index is 13.2. The van der Waals surface area contributed by atoms with E-state index in [4.69, 9.17) is 0 Å². The Morgan fingerprint density at radius 2 is 1.53 bits per heavy atom. The van der Waals surface area contributed by atoms with Gasteiger partial charge in [-0.25, -0.2) is 0 Å². The number of likely N-dealkylation sites (tertiary alicyclic amines) is 1. The van der Waals surface area contributed by atoms with E-state index in [1.54, 1.807) is 0 Å². The van der Waals surface area contributed by atoms with E-state index in [1.807, 2.05) is 0 Å². The largest absolute Gasteiger partial charge is 0.337 e. The van der Waals surface area contributed by atoms with E-state index in [2.05, 4.69) is 18.7 Å². The lowest BCUT2D eigenvalue weighted by Gasteiger charge is -2.57. The first kappa shape index (κ1) is 12.2. The Hall–Kier alpha value is -0.530. The van der Waals surface area contributed by atoms with Crippen LogP contribution < -0.4 is 0 Å². The molecule has 2 heteroatoms. The van der Waals surface area contributed by atoms with Crippen LogP contribution >= 0.6 is 0 Å². The van der Waals surface area contributed by atoms with Crippen LogP contribution in [0.3, 0.4) is 0 Å². The maximum Gasteiger partial charge on any atom is 0.229 e. The van der Waals surface area contributed by atoms with Gasteiger partial charge >= 0.3 is 0 Å². The second-order valence-electron chi connectivity index (χ2n) is 8.57. The topological polar surface area (TPSA) is 20.3 Å². The average Bonchev–Trinajstić information content (AvgIpc) is 2.66. The van der Waals surface area contributed by atoms with Crippen LogP contribution in [0, 0.1) is 23.2 Å². The molecule has 5 fully saturated rings. The second kappa shape index (κ2) is 3.77. The molecule has 4 bridgehead atoms. The summed E-state index contributed by atoms with van der Waals surface area (Å²) in [4.78, 5) is 15.5. The van der Waals surface area contributed by atoms with E-state index in [0.29, 0.717) is 5.91 Å². The molecule has 2 nitrogen and oxygen atoms in total. The third-order valence-electron chi connectivity index (χ3n) is 6.64. The molecule has 0 aromatic heterocycles. The molecule has 1 aliphatic heterocycles. The quantitative estimate of drug-likeness (QED) is 0.706. The molecule has 1 heterocycles. The van der Waals surface area contributed by atoms with Crippen LogP contribution in [0.5, 0.6) is 0 Å². The molecule has 0 atom stereocenters. The van der Waals surface area contributed by atoms with E-state index in [-0.39, 0.29) is 11.0 Å².